The van der Waals surface area contributed by atoms with E-state index >= 15 is 0 Å². The molecule has 0 spiro atoms. The van der Waals surface area contributed by atoms with Crippen molar-refractivity contribution in [3.05, 3.63) is 0 Å². The molecule has 0 aromatic heterocycles. The van der Waals surface area contributed by atoms with Gasteiger partial charge in [-0.1, -0.05) is 90.9 Å². The zero-order valence-electron chi connectivity index (χ0n) is 16.6. The number of carbonyl (C=O) groups excluding carboxylic acids is 1. The normalized spacial score (nSPS) is 19.4. The van der Waals surface area contributed by atoms with E-state index in [0.29, 0.717) is 0 Å². The van der Waals surface area contributed by atoms with E-state index in [9.17, 15) is 4.79 Å². The van der Waals surface area contributed by atoms with Crippen LogP contribution in [0.5, 0.6) is 0 Å². The summed E-state index contributed by atoms with van der Waals surface area (Å²) in [5.74, 6) is 2.39. The lowest BCUT2D eigenvalue weighted by Crippen LogP contribution is -2.23. The third-order valence-electron chi connectivity index (χ3n) is 5.55. The highest BCUT2D eigenvalue weighted by atomic mass is 16.1. The summed E-state index contributed by atoms with van der Waals surface area (Å²) >= 11 is 0. The van der Waals surface area contributed by atoms with Crippen LogP contribution in [0.4, 0.5) is 0 Å². The van der Waals surface area contributed by atoms with Crippen LogP contribution in [-0.2, 0) is 4.79 Å². The van der Waals surface area contributed by atoms with Gasteiger partial charge in [0.2, 0.25) is 5.91 Å². The van der Waals surface area contributed by atoms with Gasteiger partial charge in [-0.15, -0.1) is 0 Å². The molecule has 2 atom stereocenters. The van der Waals surface area contributed by atoms with Gasteiger partial charge in [-0.05, 0) is 31.1 Å². The monoisotopic (exact) mass is 337 g/mol. The van der Waals surface area contributed by atoms with Gasteiger partial charge in [-0.25, -0.2) is 0 Å². The third-order valence-corrected chi connectivity index (χ3v) is 5.55. The summed E-state index contributed by atoms with van der Waals surface area (Å²) in [5, 5.41) is 2.95. The summed E-state index contributed by atoms with van der Waals surface area (Å²) in [5.41, 5.74) is 0. The van der Waals surface area contributed by atoms with Crippen molar-refractivity contribution >= 4 is 5.91 Å². The SMILES string of the molecule is CCCCCCCCC1CC1CCCCCCCC(=O)NCCC. The van der Waals surface area contributed by atoms with Crippen LogP contribution in [0.25, 0.3) is 0 Å². The number of hydrogen-bond acceptors (Lipinski definition) is 1. The molecule has 1 rings (SSSR count). The van der Waals surface area contributed by atoms with Crippen molar-refractivity contribution in [2.24, 2.45) is 11.8 Å². The van der Waals surface area contributed by atoms with Crippen molar-refractivity contribution in [1.82, 2.24) is 5.32 Å². The van der Waals surface area contributed by atoms with Gasteiger partial charge >= 0.3 is 0 Å². The smallest absolute Gasteiger partial charge is 0.219 e. The molecule has 1 saturated carbocycles. The summed E-state index contributed by atoms with van der Waals surface area (Å²) in [6.45, 7) is 5.22. The average molecular weight is 338 g/mol. The molecule has 2 unspecified atom stereocenters. The molecule has 2 nitrogen and oxygen atoms in total. The number of unbranched alkanes of at least 4 members (excludes halogenated alkanes) is 9. The Morgan fingerprint density at radius 1 is 0.750 bits per heavy atom. The molecule has 0 heterocycles. The van der Waals surface area contributed by atoms with Gasteiger partial charge in [-0.3, -0.25) is 4.79 Å². The van der Waals surface area contributed by atoms with Crippen LogP contribution in [0.2, 0.25) is 0 Å². The summed E-state index contributed by atoms with van der Waals surface area (Å²) in [6.07, 6.45) is 21.3. The molecular formula is C22H43NO. The Labute approximate surface area is 151 Å². The molecule has 1 aliphatic rings. The Balaban J connectivity index is 1.77. The maximum absolute atomic E-state index is 11.5. The minimum absolute atomic E-state index is 0.243. The number of amides is 1. The highest BCUT2D eigenvalue weighted by Gasteiger charge is 2.34. The Morgan fingerprint density at radius 3 is 1.88 bits per heavy atom. The maximum Gasteiger partial charge on any atom is 0.219 e. The topological polar surface area (TPSA) is 29.1 Å². The molecule has 1 N–H and O–H groups in total. The lowest BCUT2D eigenvalue weighted by Gasteiger charge is -2.04. The highest BCUT2D eigenvalue weighted by Crippen LogP contribution is 2.45. The summed E-state index contributed by atoms with van der Waals surface area (Å²) in [6, 6.07) is 0. The molecule has 1 amide bonds. The van der Waals surface area contributed by atoms with Gasteiger partial charge in [0.1, 0.15) is 0 Å². The van der Waals surface area contributed by atoms with Crippen molar-refractivity contribution in [1.29, 1.82) is 0 Å². The van der Waals surface area contributed by atoms with Gasteiger partial charge < -0.3 is 5.32 Å². The van der Waals surface area contributed by atoms with E-state index in [1.165, 1.54) is 83.5 Å². The molecule has 0 radical (unpaired) electrons. The molecule has 0 aromatic rings. The van der Waals surface area contributed by atoms with Crippen LogP contribution >= 0.6 is 0 Å². The van der Waals surface area contributed by atoms with Crippen molar-refractivity contribution in [3.8, 4) is 0 Å². The van der Waals surface area contributed by atoms with Gasteiger partial charge in [0.15, 0.2) is 0 Å². The van der Waals surface area contributed by atoms with E-state index in [-0.39, 0.29) is 5.91 Å². The first-order valence-corrected chi connectivity index (χ1v) is 11.0. The second kappa shape index (κ2) is 14.8. The summed E-state index contributed by atoms with van der Waals surface area (Å²) < 4.78 is 0. The first-order valence-electron chi connectivity index (χ1n) is 11.0. The summed E-state index contributed by atoms with van der Waals surface area (Å²) in [4.78, 5) is 11.5. The fraction of sp³-hybridized carbons (Fsp3) is 0.955. The number of nitrogens with one attached hydrogen (secondary N) is 1. The van der Waals surface area contributed by atoms with Crippen molar-refractivity contribution in [2.45, 2.75) is 117 Å². The molecule has 0 saturated heterocycles. The number of rotatable bonds is 17. The second-order valence-corrected chi connectivity index (χ2v) is 7.97. The van der Waals surface area contributed by atoms with E-state index < -0.39 is 0 Å². The van der Waals surface area contributed by atoms with Crippen molar-refractivity contribution < 1.29 is 4.79 Å². The van der Waals surface area contributed by atoms with E-state index in [1.54, 1.807) is 0 Å². The minimum atomic E-state index is 0.243. The van der Waals surface area contributed by atoms with Crippen LogP contribution in [0.3, 0.4) is 0 Å². The second-order valence-electron chi connectivity index (χ2n) is 7.97. The van der Waals surface area contributed by atoms with Crippen molar-refractivity contribution in [3.63, 3.8) is 0 Å². The van der Waals surface area contributed by atoms with Gasteiger partial charge in [0.05, 0.1) is 0 Å². The van der Waals surface area contributed by atoms with Crippen molar-refractivity contribution in [2.75, 3.05) is 6.54 Å². The quantitative estimate of drug-likeness (QED) is 0.296. The Kier molecular flexibility index (Phi) is 13.3. The van der Waals surface area contributed by atoms with Gasteiger partial charge in [0, 0.05) is 13.0 Å². The lowest BCUT2D eigenvalue weighted by molar-refractivity contribution is -0.121. The Hall–Kier alpha value is -0.530. The van der Waals surface area contributed by atoms with Crippen LogP contribution in [-0.4, -0.2) is 12.5 Å². The highest BCUT2D eigenvalue weighted by molar-refractivity contribution is 5.75. The fourth-order valence-corrected chi connectivity index (χ4v) is 3.78. The average Bonchev–Trinajstić information content (AvgIpc) is 3.33. The molecule has 0 aromatic carbocycles. The molecule has 1 aliphatic carbocycles. The van der Waals surface area contributed by atoms with Crippen LogP contribution in [0.15, 0.2) is 0 Å². The Morgan fingerprint density at radius 2 is 1.29 bits per heavy atom. The van der Waals surface area contributed by atoms with Crippen LogP contribution in [0.1, 0.15) is 117 Å². The van der Waals surface area contributed by atoms with Crippen LogP contribution in [0, 0.1) is 11.8 Å². The van der Waals surface area contributed by atoms with E-state index in [1.807, 2.05) is 0 Å². The molecule has 0 bridgehead atoms. The predicted octanol–water partition coefficient (Wildman–Crippen LogP) is 6.63. The third kappa shape index (κ3) is 11.9. The van der Waals surface area contributed by atoms with E-state index in [0.717, 1.165) is 37.6 Å². The van der Waals surface area contributed by atoms with Crippen LogP contribution < -0.4 is 5.32 Å². The predicted molar refractivity (Wildman–Crippen MR) is 105 cm³/mol. The molecule has 142 valence electrons. The molecular weight excluding hydrogens is 294 g/mol. The standard InChI is InChI=1S/C22H43NO/c1-3-5-6-7-9-12-15-20-19-21(20)16-13-10-8-11-14-17-22(24)23-18-4-2/h20-21H,3-19H2,1-2H3,(H,23,24). The molecule has 24 heavy (non-hydrogen) atoms. The maximum atomic E-state index is 11.5. The Bertz CT molecular complexity index is 302. The number of carbonyl (C=O) groups is 1. The molecule has 2 heteroatoms. The van der Waals surface area contributed by atoms with Gasteiger partial charge in [0.25, 0.3) is 0 Å². The van der Waals surface area contributed by atoms with Gasteiger partial charge in [-0.2, -0.15) is 0 Å². The fourth-order valence-electron chi connectivity index (χ4n) is 3.78. The molecule has 0 aliphatic heterocycles. The van der Waals surface area contributed by atoms with E-state index in [4.69, 9.17) is 0 Å². The first-order chi connectivity index (χ1) is 11.8. The zero-order chi connectivity index (χ0) is 17.5. The molecule has 1 fully saturated rings. The largest absolute Gasteiger partial charge is 0.356 e. The minimum Gasteiger partial charge on any atom is -0.356 e. The zero-order valence-corrected chi connectivity index (χ0v) is 16.6. The van der Waals surface area contributed by atoms with E-state index in [2.05, 4.69) is 19.2 Å². The summed E-state index contributed by atoms with van der Waals surface area (Å²) in [7, 11) is 0. The number of hydrogen-bond donors (Lipinski definition) is 1. The lowest BCUT2D eigenvalue weighted by atomic mass is 10.0. The first kappa shape index (κ1) is 21.5.